The second-order valence-corrected chi connectivity index (χ2v) is 9.00. The van der Waals surface area contributed by atoms with Gasteiger partial charge in [0.25, 0.3) is 0 Å². The molecule has 1 aliphatic carbocycles. The number of furan rings is 1. The van der Waals surface area contributed by atoms with Crippen LogP contribution in [0.5, 0.6) is 0 Å². The topological polar surface area (TPSA) is 26.0 Å². The molecule has 0 amide bonds. The first-order valence-corrected chi connectivity index (χ1v) is 10.5. The Morgan fingerprint density at radius 1 is 0.767 bits per heavy atom. The standard InChI is InChI=1S/C28H23NO/c1-16-10-11-20-22(14-16)28(3,4)21-13-12-19(18-8-6-5-7-9-18)27-23(21)24-25(20)29-15-17(2)26(24)30-27/h5-15H,1-4H3. The lowest BCUT2D eigenvalue weighted by Gasteiger charge is -2.28. The van der Waals surface area contributed by atoms with Gasteiger partial charge in [0.1, 0.15) is 11.2 Å². The maximum absolute atomic E-state index is 6.62. The minimum Gasteiger partial charge on any atom is -0.455 e. The highest BCUT2D eigenvalue weighted by atomic mass is 16.3. The third-order valence-electron chi connectivity index (χ3n) is 6.68. The van der Waals surface area contributed by atoms with E-state index in [1.807, 2.05) is 6.20 Å². The van der Waals surface area contributed by atoms with Gasteiger partial charge in [0.15, 0.2) is 0 Å². The summed E-state index contributed by atoms with van der Waals surface area (Å²) in [4.78, 5) is 4.93. The van der Waals surface area contributed by atoms with E-state index in [0.29, 0.717) is 0 Å². The van der Waals surface area contributed by atoms with Crippen LogP contribution in [0.4, 0.5) is 0 Å². The summed E-state index contributed by atoms with van der Waals surface area (Å²) in [5, 5.41) is 2.35. The van der Waals surface area contributed by atoms with Gasteiger partial charge >= 0.3 is 0 Å². The largest absolute Gasteiger partial charge is 0.455 e. The van der Waals surface area contributed by atoms with Gasteiger partial charge in [0.2, 0.25) is 0 Å². The van der Waals surface area contributed by atoms with E-state index in [1.54, 1.807) is 0 Å². The molecule has 2 nitrogen and oxygen atoms in total. The molecular weight excluding hydrogens is 366 g/mol. The van der Waals surface area contributed by atoms with Crippen molar-refractivity contribution in [1.29, 1.82) is 0 Å². The highest BCUT2D eigenvalue weighted by Crippen LogP contribution is 2.51. The zero-order valence-corrected chi connectivity index (χ0v) is 17.7. The highest BCUT2D eigenvalue weighted by molar-refractivity contribution is 6.18. The van der Waals surface area contributed by atoms with Gasteiger partial charge in [-0.3, -0.25) is 4.98 Å². The maximum Gasteiger partial charge on any atom is 0.143 e. The summed E-state index contributed by atoms with van der Waals surface area (Å²) in [6, 6.07) is 21.8. The van der Waals surface area contributed by atoms with Gasteiger partial charge in [-0.25, -0.2) is 0 Å². The van der Waals surface area contributed by atoms with E-state index in [2.05, 4.69) is 88.4 Å². The van der Waals surface area contributed by atoms with Gasteiger partial charge in [-0.15, -0.1) is 0 Å². The van der Waals surface area contributed by atoms with Crippen LogP contribution in [0.25, 0.3) is 44.3 Å². The van der Waals surface area contributed by atoms with Crippen molar-refractivity contribution >= 4 is 21.9 Å². The van der Waals surface area contributed by atoms with Crippen LogP contribution in [0.15, 0.2) is 71.3 Å². The molecule has 0 unspecified atom stereocenters. The van der Waals surface area contributed by atoms with E-state index in [1.165, 1.54) is 33.2 Å². The van der Waals surface area contributed by atoms with Crippen LogP contribution in [-0.2, 0) is 5.41 Å². The van der Waals surface area contributed by atoms with Crippen molar-refractivity contribution in [3.8, 4) is 22.4 Å². The molecule has 0 saturated heterocycles. The SMILES string of the molecule is Cc1ccc2c(c1)C(C)(C)c1ccc(-c3ccccc3)c3oc4c(C)cnc-2c4c13. The fourth-order valence-electron chi connectivity index (χ4n) is 5.09. The molecule has 3 aromatic carbocycles. The molecular formula is C28H23NO. The lowest BCUT2D eigenvalue weighted by Crippen LogP contribution is -2.19. The van der Waals surface area contributed by atoms with Crippen LogP contribution in [0, 0.1) is 13.8 Å². The summed E-state index contributed by atoms with van der Waals surface area (Å²) < 4.78 is 6.62. The number of rotatable bonds is 1. The molecule has 0 N–H and O–H groups in total. The van der Waals surface area contributed by atoms with E-state index in [-0.39, 0.29) is 5.41 Å². The lowest BCUT2D eigenvalue weighted by atomic mass is 9.75. The first kappa shape index (κ1) is 17.5. The van der Waals surface area contributed by atoms with Gasteiger partial charge in [-0.05, 0) is 30.5 Å². The molecule has 0 radical (unpaired) electrons. The number of benzene rings is 3. The summed E-state index contributed by atoms with van der Waals surface area (Å²) >= 11 is 0. The third kappa shape index (κ3) is 2.16. The van der Waals surface area contributed by atoms with Gasteiger partial charge in [-0.1, -0.05) is 80.1 Å². The van der Waals surface area contributed by atoms with Crippen molar-refractivity contribution < 1.29 is 4.42 Å². The Hall–Kier alpha value is -3.39. The van der Waals surface area contributed by atoms with Crippen molar-refractivity contribution in [2.75, 3.05) is 0 Å². The smallest absolute Gasteiger partial charge is 0.143 e. The summed E-state index contributed by atoms with van der Waals surface area (Å²) in [7, 11) is 0. The van der Waals surface area contributed by atoms with Crippen LogP contribution in [0.3, 0.4) is 0 Å². The average molecular weight is 389 g/mol. The van der Waals surface area contributed by atoms with E-state index in [4.69, 9.17) is 9.40 Å². The van der Waals surface area contributed by atoms with Crippen LogP contribution >= 0.6 is 0 Å². The Morgan fingerprint density at radius 3 is 2.33 bits per heavy atom. The second kappa shape index (κ2) is 5.82. The first-order valence-electron chi connectivity index (χ1n) is 10.5. The quantitative estimate of drug-likeness (QED) is 0.295. The summed E-state index contributed by atoms with van der Waals surface area (Å²) in [5.41, 5.74) is 11.3. The number of aromatic nitrogens is 1. The van der Waals surface area contributed by atoms with Crippen molar-refractivity contribution in [2.24, 2.45) is 0 Å². The molecule has 5 aromatic rings. The molecule has 0 fully saturated rings. The molecule has 146 valence electrons. The van der Waals surface area contributed by atoms with Gasteiger partial charge in [-0.2, -0.15) is 0 Å². The van der Waals surface area contributed by atoms with E-state index in [0.717, 1.165) is 33.4 Å². The molecule has 2 heteroatoms. The lowest BCUT2D eigenvalue weighted by molar-refractivity contribution is 0.642. The van der Waals surface area contributed by atoms with Crippen LogP contribution in [0.2, 0.25) is 0 Å². The number of aryl methyl sites for hydroxylation is 2. The van der Waals surface area contributed by atoms with E-state index in [9.17, 15) is 0 Å². The Labute approximate surface area is 176 Å². The Kier molecular flexibility index (Phi) is 3.39. The maximum atomic E-state index is 6.62. The molecule has 0 bridgehead atoms. The van der Waals surface area contributed by atoms with E-state index < -0.39 is 0 Å². The first-order chi connectivity index (χ1) is 14.5. The van der Waals surface area contributed by atoms with Crippen LogP contribution < -0.4 is 0 Å². The monoisotopic (exact) mass is 389 g/mol. The molecule has 2 aromatic heterocycles. The van der Waals surface area contributed by atoms with Gasteiger partial charge in [0, 0.05) is 33.7 Å². The number of pyridine rings is 1. The zero-order valence-electron chi connectivity index (χ0n) is 17.7. The highest BCUT2D eigenvalue weighted by Gasteiger charge is 2.35. The summed E-state index contributed by atoms with van der Waals surface area (Å²) in [6.45, 7) is 8.89. The number of hydrogen-bond donors (Lipinski definition) is 0. The van der Waals surface area contributed by atoms with E-state index >= 15 is 0 Å². The van der Waals surface area contributed by atoms with Crippen molar-refractivity contribution in [3.63, 3.8) is 0 Å². The Balaban J connectivity index is 1.87. The predicted octanol–water partition coefficient (Wildman–Crippen LogP) is 7.57. The molecule has 0 saturated carbocycles. The van der Waals surface area contributed by atoms with Crippen molar-refractivity contribution in [1.82, 2.24) is 4.98 Å². The minimum atomic E-state index is -0.166. The number of nitrogens with zero attached hydrogens (tertiary/aromatic N) is 1. The molecule has 30 heavy (non-hydrogen) atoms. The molecule has 0 aliphatic heterocycles. The van der Waals surface area contributed by atoms with Crippen molar-refractivity contribution in [2.45, 2.75) is 33.1 Å². The van der Waals surface area contributed by atoms with Gasteiger partial charge < -0.3 is 4.42 Å². The summed E-state index contributed by atoms with van der Waals surface area (Å²) in [5.74, 6) is 0. The molecule has 1 aliphatic rings. The second-order valence-electron chi connectivity index (χ2n) is 9.00. The fraction of sp³-hybridized carbons (Fsp3) is 0.179. The summed E-state index contributed by atoms with van der Waals surface area (Å²) in [6.07, 6.45) is 1.95. The third-order valence-corrected chi connectivity index (χ3v) is 6.68. The molecule has 2 heterocycles. The number of hydrogen-bond acceptors (Lipinski definition) is 2. The zero-order chi connectivity index (χ0) is 20.6. The van der Waals surface area contributed by atoms with Gasteiger partial charge in [0.05, 0.1) is 11.1 Å². The molecule has 6 rings (SSSR count). The Bertz CT molecular complexity index is 1470. The molecule has 0 spiro atoms. The number of fused-ring (bicyclic) bond motifs is 2. The molecule has 0 atom stereocenters. The predicted molar refractivity (Wildman–Crippen MR) is 124 cm³/mol. The van der Waals surface area contributed by atoms with Crippen molar-refractivity contribution in [3.05, 3.63) is 89.1 Å². The normalized spacial score (nSPS) is 14.3. The Morgan fingerprint density at radius 2 is 1.53 bits per heavy atom. The fourth-order valence-corrected chi connectivity index (χ4v) is 5.09. The minimum absolute atomic E-state index is 0.166. The van der Waals surface area contributed by atoms with Crippen LogP contribution in [0.1, 0.15) is 36.1 Å². The average Bonchev–Trinajstić information content (AvgIpc) is 3.12. The van der Waals surface area contributed by atoms with Crippen LogP contribution in [-0.4, -0.2) is 4.98 Å².